The first kappa shape index (κ1) is 11.9. The summed E-state index contributed by atoms with van der Waals surface area (Å²) in [4.78, 5) is 0.289. The van der Waals surface area contributed by atoms with Crippen LogP contribution in [0.3, 0.4) is 0 Å². The summed E-state index contributed by atoms with van der Waals surface area (Å²) in [5, 5.41) is 0. The minimum Gasteiger partial charge on any atom is -0.321 e. The first-order valence-electron chi connectivity index (χ1n) is 4.53. The van der Waals surface area contributed by atoms with Crippen molar-refractivity contribution in [1.82, 2.24) is 0 Å². The van der Waals surface area contributed by atoms with Gasteiger partial charge in [-0.25, -0.2) is 8.42 Å². The molecule has 15 heavy (non-hydrogen) atoms. The van der Waals surface area contributed by atoms with Crippen LogP contribution in [0, 0.1) is 0 Å². The molecule has 82 valence electrons. The van der Waals surface area contributed by atoms with E-state index in [2.05, 4.69) is 6.58 Å². The molecule has 0 radical (unpaired) electrons. The van der Waals surface area contributed by atoms with Crippen LogP contribution in [0.15, 0.2) is 41.3 Å². The highest BCUT2D eigenvalue weighted by molar-refractivity contribution is 7.90. The summed E-state index contributed by atoms with van der Waals surface area (Å²) >= 11 is 0. The van der Waals surface area contributed by atoms with Gasteiger partial charge in [-0.1, -0.05) is 24.3 Å². The summed E-state index contributed by atoms with van der Waals surface area (Å²) in [7, 11) is -3.17. The fraction of sp³-hybridized carbons (Fsp3) is 0.273. The second kappa shape index (κ2) is 4.16. The van der Waals surface area contributed by atoms with Crippen LogP contribution in [-0.2, 0) is 9.84 Å². The number of benzene rings is 1. The van der Waals surface area contributed by atoms with Crippen LogP contribution >= 0.6 is 0 Å². The average Bonchev–Trinajstić information content (AvgIpc) is 2.15. The fourth-order valence-electron chi connectivity index (χ4n) is 1.22. The molecule has 0 aliphatic heterocycles. The van der Waals surface area contributed by atoms with E-state index in [1.807, 2.05) is 6.92 Å². The third-order valence-corrected chi connectivity index (χ3v) is 3.29. The summed E-state index contributed by atoms with van der Waals surface area (Å²) in [6.07, 6.45) is 1.18. The van der Waals surface area contributed by atoms with Crippen LogP contribution in [-0.4, -0.2) is 14.7 Å². The highest BCUT2D eigenvalue weighted by Crippen LogP contribution is 2.20. The minimum absolute atomic E-state index is 0.289. The van der Waals surface area contributed by atoms with Crippen LogP contribution in [0.4, 0.5) is 0 Å². The molecule has 0 fully saturated rings. The molecule has 0 spiro atoms. The number of hydrogen-bond acceptors (Lipinski definition) is 3. The van der Waals surface area contributed by atoms with E-state index in [0.29, 0.717) is 0 Å². The van der Waals surface area contributed by atoms with Crippen molar-refractivity contribution in [3.8, 4) is 0 Å². The van der Waals surface area contributed by atoms with E-state index < -0.39 is 9.84 Å². The summed E-state index contributed by atoms with van der Waals surface area (Å²) in [5.41, 5.74) is 7.43. The Morgan fingerprint density at radius 2 is 2.07 bits per heavy atom. The average molecular weight is 225 g/mol. The smallest absolute Gasteiger partial charge is 0.175 e. The van der Waals surface area contributed by atoms with Crippen molar-refractivity contribution in [1.29, 1.82) is 0 Å². The van der Waals surface area contributed by atoms with Crippen molar-refractivity contribution >= 4 is 9.84 Å². The normalized spacial score (nSPS) is 13.5. The second-order valence-corrected chi connectivity index (χ2v) is 5.68. The maximum absolute atomic E-state index is 11.3. The Morgan fingerprint density at radius 1 is 1.47 bits per heavy atom. The molecule has 1 atom stereocenters. The van der Waals surface area contributed by atoms with Gasteiger partial charge < -0.3 is 5.73 Å². The molecule has 3 nitrogen and oxygen atoms in total. The molecule has 0 amide bonds. The molecule has 1 aromatic carbocycles. The van der Waals surface area contributed by atoms with Crippen molar-refractivity contribution in [2.75, 3.05) is 6.26 Å². The first-order valence-corrected chi connectivity index (χ1v) is 6.42. The lowest BCUT2D eigenvalue weighted by atomic mass is 10.0. The molecule has 0 bridgehead atoms. The van der Waals surface area contributed by atoms with Crippen molar-refractivity contribution in [2.45, 2.75) is 17.9 Å². The van der Waals surface area contributed by atoms with E-state index in [9.17, 15) is 8.42 Å². The molecule has 0 aliphatic rings. The van der Waals surface area contributed by atoms with Gasteiger partial charge in [-0.15, -0.1) is 0 Å². The highest BCUT2D eigenvalue weighted by atomic mass is 32.2. The fourth-order valence-corrected chi connectivity index (χ4v) is 1.90. The van der Waals surface area contributed by atoms with Crippen LogP contribution in [0.5, 0.6) is 0 Å². The van der Waals surface area contributed by atoms with E-state index in [0.717, 1.165) is 11.1 Å². The quantitative estimate of drug-likeness (QED) is 0.796. The first-order chi connectivity index (χ1) is 6.82. The van der Waals surface area contributed by atoms with Crippen molar-refractivity contribution in [2.24, 2.45) is 5.73 Å². The van der Waals surface area contributed by atoms with Gasteiger partial charge in [-0.2, -0.15) is 0 Å². The topological polar surface area (TPSA) is 60.2 Å². The summed E-state index contributed by atoms with van der Waals surface area (Å²) in [6, 6.07) is 6.33. The van der Waals surface area contributed by atoms with E-state index in [1.165, 1.54) is 6.26 Å². The zero-order valence-electron chi connectivity index (χ0n) is 8.90. The monoisotopic (exact) mass is 225 g/mol. The minimum atomic E-state index is -3.17. The Balaban J connectivity index is 3.20. The lowest BCUT2D eigenvalue weighted by Crippen LogP contribution is -2.11. The molecule has 1 unspecified atom stereocenters. The molecule has 0 saturated carbocycles. The van der Waals surface area contributed by atoms with Crippen molar-refractivity contribution in [3.63, 3.8) is 0 Å². The van der Waals surface area contributed by atoms with E-state index >= 15 is 0 Å². The predicted molar refractivity (Wildman–Crippen MR) is 61.3 cm³/mol. The van der Waals surface area contributed by atoms with Gasteiger partial charge in [0.1, 0.15) is 0 Å². The molecular formula is C11H15NO2S. The molecule has 0 aromatic heterocycles. The van der Waals surface area contributed by atoms with Gasteiger partial charge in [0, 0.05) is 6.26 Å². The molecular weight excluding hydrogens is 210 g/mol. The summed E-state index contributed by atoms with van der Waals surface area (Å²) in [5.74, 6) is 0. The molecule has 0 saturated heterocycles. The predicted octanol–water partition coefficient (Wildman–Crippen LogP) is 1.67. The van der Waals surface area contributed by atoms with E-state index in [1.54, 1.807) is 24.3 Å². The third kappa shape index (κ3) is 2.91. The Kier molecular flexibility index (Phi) is 3.31. The van der Waals surface area contributed by atoms with Crippen LogP contribution in [0.1, 0.15) is 18.5 Å². The van der Waals surface area contributed by atoms with Crippen LogP contribution in [0.2, 0.25) is 0 Å². The summed E-state index contributed by atoms with van der Waals surface area (Å²) < 4.78 is 22.6. The van der Waals surface area contributed by atoms with Gasteiger partial charge in [-0.05, 0) is 24.6 Å². The van der Waals surface area contributed by atoms with Gasteiger partial charge in [-0.3, -0.25) is 0 Å². The lowest BCUT2D eigenvalue weighted by molar-refractivity contribution is 0.601. The van der Waals surface area contributed by atoms with Gasteiger partial charge in [0.25, 0.3) is 0 Å². The molecule has 2 N–H and O–H groups in total. The van der Waals surface area contributed by atoms with E-state index in [4.69, 9.17) is 5.73 Å². The third-order valence-electron chi connectivity index (χ3n) is 2.18. The Labute approximate surface area is 90.5 Å². The van der Waals surface area contributed by atoms with Crippen LogP contribution < -0.4 is 5.73 Å². The molecule has 1 aromatic rings. The van der Waals surface area contributed by atoms with E-state index in [-0.39, 0.29) is 10.9 Å². The molecule has 0 heterocycles. The standard InChI is InChI=1S/C11H15NO2S/c1-8(2)11(12)9-5-4-6-10(7-9)15(3,13)14/h4-7,11H,1,12H2,2-3H3. The number of rotatable bonds is 3. The lowest BCUT2D eigenvalue weighted by Gasteiger charge is -2.12. The summed E-state index contributed by atoms with van der Waals surface area (Å²) in [6.45, 7) is 5.57. The van der Waals surface area contributed by atoms with Crippen LogP contribution in [0.25, 0.3) is 0 Å². The van der Waals surface area contributed by atoms with Crippen molar-refractivity contribution < 1.29 is 8.42 Å². The Morgan fingerprint density at radius 3 is 2.53 bits per heavy atom. The zero-order valence-corrected chi connectivity index (χ0v) is 9.71. The molecule has 0 aliphatic carbocycles. The zero-order chi connectivity index (χ0) is 11.6. The van der Waals surface area contributed by atoms with Gasteiger partial charge in [0.05, 0.1) is 10.9 Å². The Hall–Kier alpha value is -1.13. The molecule has 1 rings (SSSR count). The van der Waals surface area contributed by atoms with Gasteiger partial charge >= 0.3 is 0 Å². The number of sulfone groups is 1. The van der Waals surface area contributed by atoms with Gasteiger partial charge in [0.2, 0.25) is 0 Å². The highest BCUT2D eigenvalue weighted by Gasteiger charge is 2.11. The Bertz CT molecular complexity index is 477. The second-order valence-electron chi connectivity index (χ2n) is 3.67. The molecule has 4 heteroatoms. The maximum Gasteiger partial charge on any atom is 0.175 e. The maximum atomic E-state index is 11.3. The van der Waals surface area contributed by atoms with Crippen molar-refractivity contribution in [3.05, 3.63) is 42.0 Å². The largest absolute Gasteiger partial charge is 0.321 e. The number of nitrogens with two attached hydrogens (primary N) is 1. The number of hydrogen-bond donors (Lipinski definition) is 1. The SMILES string of the molecule is C=C(C)C(N)c1cccc(S(C)(=O)=O)c1. The van der Waals surface area contributed by atoms with Gasteiger partial charge in [0.15, 0.2) is 9.84 Å².